The number of hydrogen-bond donors (Lipinski definition) is 0. The number of benzene rings is 6. The monoisotopic (exact) mass is 877 g/mol. The fraction of sp³-hybridized carbons (Fsp3) is 0.275. The van der Waals surface area contributed by atoms with E-state index in [0.717, 1.165) is 27.1 Å². The Morgan fingerprint density at radius 1 is 0.734 bits per heavy atom. The molecule has 6 aromatic carbocycles. The molecule has 12 nitrogen and oxygen atoms in total. The molecule has 0 bridgehead atoms. The molecule has 0 amide bonds. The third-order valence-corrected chi connectivity index (χ3v) is 16.6. The maximum absolute atomic E-state index is 14.8. The van der Waals surface area contributed by atoms with E-state index in [9.17, 15) is 10.3 Å². The summed E-state index contributed by atoms with van der Waals surface area (Å²) in [6.45, 7) is 6.78. The molecule has 0 saturated carbocycles. The molecule has 2 heterocycles. The molecule has 0 spiro atoms. The SMILES string of the molecule is COc1ccc(CO[C@H]2[C@H](OC(=O)c3ccccc3-c3ccccc3)[C@@H](CO[Si](c3ccccc3)(c3ccccc3)C(C)(C)C)OC(OCc3ccc4c(c3)OCO4)[C@@H]2N=[N+]=[N-])cc1. The smallest absolute Gasteiger partial charge is 0.339 e. The van der Waals surface area contributed by atoms with Gasteiger partial charge in [0.05, 0.1) is 32.5 Å². The van der Waals surface area contributed by atoms with E-state index in [1.807, 2.05) is 121 Å². The maximum atomic E-state index is 14.8. The minimum absolute atomic E-state index is 0.0408. The van der Waals surface area contributed by atoms with Crippen molar-refractivity contribution >= 4 is 24.7 Å². The highest BCUT2D eigenvalue weighted by Gasteiger charge is 2.54. The first-order chi connectivity index (χ1) is 31.2. The van der Waals surface area contributed by atoms with Crippen LogP contribution in [-0.4, -0.2) is 65.4 Å². The predicted octanol–water partition coefficient (Wildman–Crippen LogP) is 9.40. The third-order valence-electron chi connectivity index (χ3n) is 11.6. The molecule has 13 heteroatoms. The number of ether oxygens (including phenoxy) is 7. The molecule has 0 radical (unpaired) electrons. The number of fused-ring (bicyclic) bond motifs is 1. The molecule has 0 N–H and O–H groups in total. The Bertz CT molecular complexity index is 2500. The second-order valence-electron chi connectivity index (χ2n) is 16.6. The summed E-state index contributed by atoms with van der Waals surface area (Å²) < 4.78 is 50.9. The van der Waals surface area contributed by atoms with Crippen LogP contribution in [0.15, 0.2) is 163 Å². The van der Waals surface area contributed by atoms with Gasteiger partial charge in [-0.1, -0.05) is 153 Å². The number of azide groups is 1. The van der Waals surface area contributed by atoms with Crippen LogP contribution in [0.1, 0.15) is 42.3 Å². The lowest BCUT2D eigenvalue weighted by Crippen LogP contribution is -2.68. The Labute approximate surface area is 374 Å². The van der Waals surface area contributed by atoms with E-state index >= 15 is 0 Å². The molecule has 8 rings (SSSR count). The van der Waals surface area contributed by atoms with Gasteiger partial charge >= 0.3 is 5.97 Å². The van der Waals surface area contributed by atoms with Crippen LogP contribution in [0.4, 0.5) is 0 Å². The predicted molar refractivity (Wildman–Crippen MR) is 245 cm³/mol. The van der Waals surface area contributed by atoms with Crippen LogP contribution in [-0.2, 0) is 36.6 Å². The zero-order valence-electron chi connectivity index (χ0n) is 36.2. The molecule has 0 aromatic heterocycles. The van der Waals surface area contributed by atoms with Gasteiger partial charge in [0.25, 0.3) is 8.32 Å². The normalized spacial score (nSPS) is 19.3. The number of carbonyl (C=O) groups excluding carboxylic acids is 1. The van der Waals surface area contributed by atoms with Gasteiger partial charge in [-0.3, -0.25) is 0 Å². The first kappa shape index (κ1) is 44.2. The van der Waals surface area contributed by atoms with Gasteiger partial charge < -0.3 is 37.6 Å². The number of esters is 1. The summed E-state index contributed by atoms with van der Waals surface area (Å²) in [5.41, 5.74) is 13.6. The number of carbonyl (C=O) groups is 1. The Kier molecular flexibility index (Phi) is 13.8. The van der Waals surface area contributed by atoms with Gasteiger partial charge in [0.15, 0.2) is 23.9 Å². The summed E-state index contributed by atoms with van der Waals surface area (Å²) in [6, 6.07) is 49.3. The summed E-state index contributed by atoms with van der Waals surface area (Å²) in [5, 5.41) is 5.98. The van der Waals surface area contributed by atoms with E-state index < -0.39 is 50.0 Å². The van der Waals surface area contributed by atoms with Crippen LogP contribution in [0.3, 0.4) is 0 Å². The number of methoxy groups -OCH3 is 1. The Balaban J connectivity index is 1.22. The average molecular weight is 878 g/mol. The van der Waals surface area contributed by atoms with Crippen LogP contribution in [0, 0.1) is 0 Å². The van der Waals surface area contributed by atoms with Gasteiger partial charge in [-0.05, 0) is 73.5 Å². The van der Waals surface area contributed by atoms with Crippen molar-refractivity contribution in [1.82, 2.24) is 0 Å². The van der Waals surface area contributed by atoms with E-state index in [0.29, 0.717) is 28.4 Å². The van der Waals surface area contributed by atoms with E-state index in [1.54, 1.807) is 19.2 Å². The molecule has 328 valence electrons. The first-order valence-electron chi connectivity index (χ1n) is 21.2. The molecule has 5 atom stereocenters. The minimum Gasteiger partial charge on any atom is -0.497 e. The van der Waals surface area contributed by atoms with Gasteiger partial charge in [0.2, 0.25) is 6.79 Å². The van der Waals surface area contributed by atoms with E-state index in [4.69, 9.17) is 37.6 Å². The van der Waals surface area contributed by atoms with E-state index in [-0.39, 0.29) is 26.6 Å². The molecular formula is C51H51N3O9Si. The summed E-state index contributed by atoms with van der Waals surface area (Å²) in [6.07, 6.45) is -4.38. The van der Waals surface area contributed by atoms with Gasteiger partial charge in [-0.2, -0.15) is 0 Å². The molecular weight excluding hydrogens is 827 g/mol. The average Bonchev–Trinajstić information content (AvgIpc) is 3.80. The molecule has 2 aliphatic rings. The van der Waals surface area contributed by atoms with Crippen molar-refractivity contribution in [1.29, 1.82) is 0 Å². The molecule has 1 fully saturated rings. The van der Waals surface area contributed by atoms with Crippen molar-refractivity contribution in [2.75, 3.05) is 20.5 Å². The summed E-state index contributed by atoms with van der Waals surface area (Å²) in [5.74, 6) is 1.30. The second-order valence-corrected chi connectivity index (χ2v) is 20.9. The fourth-order valence-corrected chi connectivity index (χ4v) is 13.1. The lowest BCUT2D eigenvalue weighted by molar-refractivity contribution is -0.275. The van der Waals surface area contributed by atoms with E-state index in [2.05, 4.69) is 55.1 Å². The highest BCUT2D eigenvalue weighted by atomic mass is 28.4. The molecule has 1 unspecified atom stereocenters. The van der Waals surface area contributed by atoms with Crippen LogP contribution in [0.2, 0.25) is 5.04 Å². The van der Waals surface area contributed by atoms with Crippen LogP contribution < -0.4 is 24.6 Å². The van der Waals surface area contributed by atoms with Crippen LogP contribution in [0.5, 0.6) is 17.2 Å². The quantitative estimate of drug-likeness (QED) is 0.0306. The molecule has 2 aliphatic heterocycles. The van der Waals surface area contributed by atoms with Crippen molar-refractivity contribution in [2.45, 2.75) is 69.7 Å². The van der Waals surface area contributed by atoms with Gasteiger partial charge in [-0.25, -0.2) is 4.79 Å². The van der Waals surface area contributed by atoms with Crippen LogP contribution in [0.25, 0.3) is 21.6 Å². The molecule has 64 heavy (non-hydrogen) atoms. The number of hydrogen-bond acceptors (Lipinski definition) is 10. The number of nitrogens with zero attached hydrogens (tertiary/aromatic N) is 3. The zero-order valence-corrected chi connectivity index (χ0v) is 37.2. The topological polar surface area (TPSA) is 140 Å². The molecule has 0 aliphatic carbocycles. The summed E-state index contributed by atoms with van der Waals surface area (Å²) >= 11 is 0. The number of rotatable bonds is 16. The highest BCUT2D eigenvalue weighted by molar-refractivity contribution is 6.99. The standard InChI is InChI=1S/C51H51N3O9Si/c1-51(2,3)64(39-18-10-6-11-19-39,40-20-12-7-13-21-40)61-33-45-47(63-49(55)42-23-15-14-22-41(42)37-16-8-5-9-17-37)48(57-31-35-24-27-38(56-4)28-25-35)46(53-54-52)50(62-45)58-32-36-26-29-43-44(30-36)60-34-59-43/h5-30,45-48,50H,31-34H2,1-4H3/t45-,46-,47-,48-,50?/m1/s1. The third kappa shape index (κ3) is 9.55. The second kappa shape index (κ2) is 19.9. The van der Waals surface area contributed by atoms with Crippen molar-refractivity contribution in [3.05, 3.63) is 185 Å². The molecule has 1 saturated heterocycles. The maximum Gasteiger partial charge on any atom is 0.339 e. The van der Waals surface area contributed by atoms with Crippen molar-refractivity contribution in [2.24, 2.45) is 5.11 Å². The van der Waals surface area contributed by atoms with Crippen LogP contribution >= 0.6 is 0 Å². The summed E-state index contributed by atoms with van der Waals surface area (Å²) in [7, 11) is -1.58. The lowest BCUT2D eigenvalue weighted by atomic mass is 9.96. The van der Waals surface area contributed by atoms with Crippen molar-refractivity contribution in [3.8, 4) is 28.4 Å². The molecule has 6 aromatic rings. The van der Waals surface area contributed by atoms with Crippen molar-refractivity contribution in [3.63, 3.8) is 0 Å². The Morgan fingerprint density at radius 2 is 1.34 bits per heavy atom. The van der Waals surface area contributed by atoms with E-state index in [1.165, 1.54) is 0 Å². The Hall–Kier alpha value is -6.44. The minimum atomic E-state index is -3.18. The highest BCUT2D eigenvalue weighted by Crippen LogP contribution is 2.39. The van der Waals surface area contributed by atoms with Gasteiger partial charge in [0, 0.05) is 4.91 Å². The van der Waals surface area contributed by atoms with Crippen molar-refractivity contribution < 1.29 is 42.4 Å². The Morgan fingerprint density at radius 3 is 2.00 bits per heavy atom. The summed E-state index contributed by atoms with van der Waals surface area (Å²) in [4.78, 5) is 18.0. The largest absolute Gasteiger partial charge is 0.497 e. The fourth-order valence-electron chi connectivity index (χ4n) is 8.49. The zero-order chi connectivity index (χ0) is 44.5. The van der Waals surface area contributed by atoms with Gasteiger partial charge in [-0.15, -0.1) is 0 Å². The lowest BCUT2D eigenvalue weighted by Gasteiger charge is -2.47. The van der Waals surface area contributed by atoms with Gasteiger partial charge in [0.1, 0.15) is 24.0 Å². The first-order valence-corrected chi connectivity index (χ1v) is 23.1.